The molecule has 0 spiro atoms. The summed E-state index contributed by atoms with van der Waals surface area (Å²) in [5.41, 5.74) is 1.19. The molecule has 1 N–H and O–H groups in total. The van der Waals surface area contributed by atoms with Gasteiger partial charge in [-0.05, 0) is 47.2 Å². The summed E-state index contributed by atoms with van der Waals surface area (Å²) in [6, 6.07) is 20.1. The van der Waals surface area contributed by atoms with Gasteiger partial charge in [0.15, 0.2) is 0 Å². The van der Waals surface area contributed by atoms with E-state index in [0.717, 1.165) is 10.8 Å². The van der Waals surface area contributed by atoms with Crippen molar-refractivity contribution in [1.82, 2.24) is 0 Å². The first kappa shape index (κ1) is 19.2. The Hall–Kier alpha value is -3.55. The lowest BCUT2D eigenvalue weighted by atomic mass is 10.0. The molecule has 0 heterocycles. The third-order valence-electron chi connectivity index (χ3n) is 4.04. The Morgan fingerprint density at radius 2 is 1.89 bits per heavy atom. The second-order valence-electron chi connectivity index (χ2n) is 5.93. The maximum Gasteiger partial charge on any atom is 0.266 e. The Morgan fingerprint density at radius 1 is 1.14 bits per heavy atom. The van der Waals surface area contributed by atoms with E-state index in [9.17, 15) is 10.1 Å². The SMILES string of the molecule is C=CCOc1ccc2ccccc2c1/C=C(\C#N)C(=O)Nc1ccc(Cl)cc1. The number of carbonyl (C=O) groups excluding carboxylic acids is 1. The van der Waals surface area contributed by atoms with Gasteiger partial charge in [-0.15, -0.1) is 0 Å². The number of benzene rings is 3. The first-order valence-electron chi connectivity index (χ1n) is 8.56. The van der Waals surface area contributed by atoms with Crippen molar-refractivity contribution < 1.29 is 9.53 Å². The quantitative estimate of drug-likeness (QED) is 0.339. The molecule has 0 aliphatic rings. The van der Waals surface area contributed by atoms with Crippen molar-refractivity contribution in [3.8, 4) is 11.8 Å². The van der Waals surface area contributed by atoms with Crippen LogP contribution in [-0.4, -0.2) is 12.5 Å². The van der Waals surface area contributed by atoms with Crippen LogP contribution < -0.4 is 10.1 Å². The predicted molar refractivity (Wildman–Crippen MR) is 113 cm³/mol. The highest BCUT2D eigenvalue weighted by Gasteiger charge is 2.13. The molecular formula is C23H17ClN2O2. The first-order chi connectivity index (χ1) is 13.6. The van der Waals surface area contributed by atoms with Crippen LogP contribution in [0.4, 0.5) is 5.69 Å². The molecule has 0 atom stereocenters. The van der Waals surface area contributed by atoms with Crippen LogP contribution >= 0.6 is 11.6 Å². The van der Waals surface area contributed by atoms with Crippen molar-refractivity contribution in [2.45, 2.75) is 0 Å². The number of amides is 1. The fourth-order valence-electron chi connectivity index (χ4n) is 2.72. The molecule has 0 saturated carbocycles. The van der Waals surface area contributed by atoms with Crippen molar-refractivity contribution in [3.05, 3.63) is 89.5 Å². The Bertz CT molecular complexity index is 1100. The predicted octanol–water partition coefficient (Wildman–Crippen LogP) is 5.60. The smallest absolute Gasteiger partial charge is 0.266 e. The molecule has 3 aromatic carbocycles. The van der Waals surface area contributed by atoms with Crippen LogP contribution in [0, 0.1) is 11.3 Å². The summed E-state index contributed by atoms with van der Waals surface area (Å²) in [5, 5.41) is 14.7. The van der Waals surface area contributed by atoms with E-state index in [2.05, 4.69) is 11.9 Å². The molecule has 0 radical (unpaired) electrons. The largest absolute Gasteiger partial charge is 0.489 e. The van der Waals surface area contributed by atoms with Crippen molar-refractivity contribution in [2.75, 3.05) is 11.9 Å². The van der Waals surface area contributed by atoms with Gasteiger partial charge in [0.25, 0.3) is 5.91 Å². The number of nitrogens with zero attached hydrogens (tertiary/aromatic N) is 1. The van der Waals surface area contributed by atoms with Crippen LogP contribution in [0.1, 0.15) is 5.56 Å². The number of anilines is 1. The molecule has 3 aromatic rings. The highest BCUT2D eigenvalue weighted by Crippen LogP contribution is 2.30. The van der Waals surface area contributed by atoms with Crippen LogP contribution in [0.15, 0.2) is 78.9 Å². The highest BCUT2D eigenvalue weighted by molar-refractivity contribution is 6.30. The van der Waals surface area contributed by atoms with Gasteiger partial charge in [0, 0.05) is 16.3 Å². The van der Waals surface area contributed by atoms with Crippen molar-refractivity contribution in [2.24, 2.45) is 0 Å². The number of fused-ring (bicyclic) bond motifs is 1. The Labute approximate surface area is 168 Å². The van der Waals surface area contributed by atoms with Crippen molar-refractivity contribution >= 4 is 40.0 Å². The molecule has 0 bridgehead atoms. The van der Waals surface area contributed by atoms with Gasteiger partial charge >= 0.3 is 0 Å². The second kappa shape index (κ2) is 8.90. The Morgan fingerprint density at radius 3 is 2.61 bits per heavy atom. The van der Waals surface area contributed by atoms with Gasteiger partial charge in [-0.1, -0.05) is 54.6 Å². The number of nitriles is 1. The number of hydrogen-bond acceptors (Lipinski definition) is 3. The average molecular weight is 389 g/mol. The summed E-state index contributed by atoms with van der Waals surface area (Å²) in [6.07, 6.45) is 3.19. The molecule has 0 fully saturated rings. The van der Waals surface area contributed by atoms with Gasteiger partial charge in [0.05, 0.1) is 0 Å². The van der Waals surface area contributed by atoms with Crippen molar-refractivity contribution in [1.29, 1.82) is 5.26 Å². The summed E-state index contributed by atoms with van der Waals surface area (Å²) in [7, 11) is 0. The van der Waals surface area contributed by atoms with Crippen LogP contribution in [0.2, 0.25) is 5.02 Å². The van der Waals surface area contributed by atoms with E-state index in [1.807, 2.05) is 42.5 Å². The van der Waals surface area contributed by atoms with E-state index < -0.39 is 5.91 Å². The average Bonchev–Trinajstić information content (AvgIpc) is 2.72. The van der Waals surface area contributed by atoms with E-state index in [1.165, 1.54) is 0 Å². The van der Waals surface area contributed by atoms with Crippen LogP contribution in [-0.2, 0) is 4.79 Å². The number of carbonyl (C=O) groups is 1. The van der Waals surface area contributed by atoms with E-state index in [0.29, 0.717) is 28.6 Å². The lowest BCUT2D eigenvalue weighted by Gasteiger charge is -2.11. The fourth-order valence-corrected chi connectivity index (χ4v) is 2.85. The minimum Gasteiger partial charge on any atom is -0.489 e. The van der Waals surface area contributed by atoms with Crippen LogP contribution in [0.25, 0.3) is 16.8 Å². The summed E-state index contributed by atoms with van der Waals surface area (Å²) >= 11 is 5.86. The molecule has 3 rings (SSSR count). The normalized spacial score (nSPS) is 10.9. The van der Waals surface area contributed by atoms with E-state index in [-0.39, 0.29) is 5.57 Å². The molecule has 4 nitrogen and oxygen atoms in total. The first-order valence-corrected chi connectivity index (χ1v) is 8.94. The van der Waals surface area contributed by atoms with Gasteiger partial charge in [0.2, 0.25) is 0 Å². The maximum absolute atomic E-state index is 12.6. The van der Waals surface area contributed by atoms with E-state index >= 15 is 0 Å². The third-order valence-corrected chi connectivity index (χ3v) is 4.30. The molecule has 28 heavy (non-hydrogen) atoms. The molecule has 5 heteroatoms. The number of rotatable bonds is 6. The zero-order valence-corrected chi connectivity index (χ0v) is 15.7. The minimum atomic E-state index is -0.507. The summed E-state index contributed by atoms with van der Waals surface area (Å²) in [4.78, 5) is 12.6. The van der Waals surface area contributed by atoms with E-state index in [1.54, 1.807) is 36.4 Å². The maximum atomic E-state index is 12.6. The summed E-state index contributed by atoms with van der Waals surface area (Å²) in [5.74, 6) is 0.0677. The zero-order chi connectivity index (χ0) is 19.9. The Balaban J connectivity index is 2.02. The molecule has 0 aliphatic heterocycles. The highest BCUT2D eigenvalue weighted by atomic mass is 35.5. The molecular weight excluding hydrogens is 372 g/mol. The molecule has 138 valence electrons. The van der Waals surface area contributed by atoms with Gasteiger partial charge in [-0.3, -0.25) is 4.79 Å². The van der Waals surface area contributed by atoms with Crippen LogP contribution in [0.5, 0.6) is 5.75 Å². The molecule has 0 saturated heterocycles. The third kappa shape index (κ3) is 4.40. The monoisotopic (exact) mass is 388 g/mol. The van der Waals surface area contributed by atoms with Crippen LogP contribution in [0.3, 0.4) is 0 Å². The van der Waals surface area contributed by atoms with Gasteiger partial charge in [0.1, 0.15) is 24.0 Å². The standard InChI is InChI=1S/C23H17ClN2O2/c1-2-13-28-22-12-7-16-5-3-4-6-20(16)21(22)14-17(15-25)23(27)26-19-10-8-18(24)9-11-19/h2-12,14H,1,13H2,(H,26,27)/b17-14+. The van der Waals surface area contributed by atoms with Crippen molar-refractivity contribution in [3.63, 3.8) is 0 Å². The number of ether oxygens (including phenoxy) is 1. The molecule has 0 aromatic heterocycles. The Kier molecular flexibility index (Phi) is 6.11. The topological polar surface area (TPSA) is 62.1 Å². The lowest BCUT2D eigenvalue weighted by Crippen LogP contribution is -2.13. The summed E-state index contributed by atoms with van der Waals surface area (Å²) in [6.45, 7) is 3.98. The van der Waals surface area contributed by atoms with Gasteiger partial charge in [-0.25, -0.2) is 0 Å². The van der Waals surface area contributed by atoms with E-state index in [4.69, 9.17) is 16.3 Å². The van der Waals surface area contributed by atoms with Gasteiger partial charge in [-0.2, -0.15) is 5.26 Å². The molecule has 0 unspecified atom stereocenters. The lowest BCUT2D eigenvalue weighted by molar-refractivity contribution is -0.112. The minimum absolute atomic E-state index is 0.0326. The van der Waals surface area contributed by atoms with Gasteiger partial charge < -0.3 is 10.1 Å². The summed E-state index contributed by atoms with van der Waals surface area (Å²) < 4.78 is 5.73. The number of halogens is 1. The zero-order valence-electron chi connectivity index (χ0n) is 15.0. The number of nitrogens with one attached hydrogen (secondary N) is 1. The molecule has 0 aliphatic carbocycles. The molecule has 1 amide bonds. The second-order valence-corrected chi connectivity index (χ2v) is 6.37. The fraction of sp³-hybridized carbons (Fsp3) is 0.0435. The number of hydrogen-bond donors (Lipinski definition) is 1.